The van der Waals surface area contributed by atoms with Crippen LogP contribution in [0.3, 0.4) is 0 Å². The van der Waals surface area contributed by atoms with Crippen LogP contribution in [-0.4, -0.2) is 22.6 Å². The second kappa shape index (κ2) is 5.48. The van der Waals surface area contributed by atoms with Crippen LogP contribution in [0.4, 0.5) is 0 Å². The molecule has 0 saturated heterocycles. The van der Waals surface area contributed by atoms with Crippen LogP contribution >= 0.6 is 0 Å². The van der Waals surface area contributed by atoms with Gasteiger partial charge in [-0.2, -0.15) is 0 Å². The molecule has 3 nitrogen and oxygen atoms in total. The fraction of sp³-hybridized carbons (Fsp3) is 0.769. The molecular weight excluding hydrogens is 198 g/mol. The molecule has 1 aliphatic rings. The first-order chi connectivity index (χ1) is 7.77. The van der Waals surface area contributed by atoms with Crippen molar-refractivity contribution < 1.29 is 0 Å². The Morgan fingerprint density at radius 1 is 1.50 bits per heavy atom. The summed E-state index contributed by atoms with van der Waals surface area (Å²) in [7, 11) is 0. The van der Waals surface area contributed by atoms with E-state index >= 15 is 0 Å². The molecule has 0 aromatic carbocycles. The first kappa shape index (κ1) is 11.6. The predicted molar refractivity (Wildman–Crippen MR) is 66.3 cm³/mol. The Morgan fingerprint density at radius 3 is 3.00 bits per heavy atom. The van der Waals surface area contributed by atoms with Gasteiger partial charge in [0, 0.05) is 25.5 Å². The van der Waals surface area contributed by atoms with Gasteiger partial charge in [-0.15, -0.1) is 0 Å². The zero-order chi connectivity index (χ0) is 11.4. The third-order valence-electron chi connectivity index (χ3n) is 3.90. The minimum absolute atomic E-state index is 0.906. The normalized spacial score (nSPS) is 25.1. The second-order valence-electron chi connectivity index (χ2n) is 5.04. The van der Waals surface area contributed by atoms with Crippen molar-refractivity contribution in [2.24, 2.45) is 11.8 Å². The van der Waals surface area contributed by atoms with Crippen LogP contribution < -0.4 is 5.32 Å². The first-order valence-electron chi connectivity index (χ1n) is 6.46. The zero-order valence-electron chi connectivity index (χ0n) is 10.4. The third-order valence-corrected chi connectivity index (χ3v) is 3.90. The van der Waals surface area contributed by atoms with Gasteiger partial charge < -0.3 is 9.88 Å². The lowest BCUT2D eigenvalue weighted by Crippen LogP contribution is -2.27. The number of hydrogen-bond donors (Lipinski definition) is 1. The van der Waals surface area contributed by atoms with E-state index in [1.807, 2.05) is 6.20 Å². The quantitative estimate of drug-likeness (QED) is 0.773. The van der Waals surface area contributed by atoms with Crippen molar-refractivity contribution >= 4 is 0 Å². The summed E-state index contributed by atoms with van der Waals surface area (Å²) in [4.78, 5) is 4.22. The van der Waals surface area contributed by atoms with Crippen LogP contribution in [0.2, 0.25) is 0 Å². The van der Waals surface area contributed by atoms with Crippen molar-refractivity contribution in [3.05, 3.63) is 18.2 Å². The van der Waals surface area contributed by atoms with Crippen molar-refractivity contribution in [2.75, 3.05) is 13.1 Å². The summed E-state index contributed by atoms with van der Waals surface area (Å²) in [5.41, 5.74) is 0. The molecule has 0 radical (unpaired) electrons. The molecule has 1 fully saturated rings. The maximum absolute atomic E-state index is 4.22. The monoisotopic (exact) mass is 221 g/mol. The molecule has 1 aromatic rings. The standard InChI is InChI=1S/C13H23N3/c1-11-4-3-5-13(11)10-14-6-8-16-9-7-15-12(16)2/h7,9,11,13-14H,3-6,8,10H2,1-2H3. The van der Waals surface area contributed by atoms with Gasteiger partial charge in [0.1, 0.15) is 5.82 Å². The summed E-state index contributed by atoms with van der Waals surface area (Å²) >= 11 is 0. The van der Waals surface area contributed by atoms with Crippen molar-refractivity contribution in [1.29, 1.82) is 0 Å². The van der Waals surface area contributed by atoms with E-state index in [0.29, 0.717) is 0 Å². The van der Waals surface area contributed by atoms with E-state index in [1.54, 1.807) is 0 Å². The van der Waals surface area contributed by atoms with Gasteiger partial charge in [-0.1, -0.05) is 19.8 Å². The fourth-order valence-corrected chi connectivity index (χ4v) is 2.65. The van der Waals surface area contributed by atoms with Gasteiger partial charge in [-0.05, 0) is 31.7 Å². The topological polar surface area (TPSA) is 29.9 Å². The van der Waals surface area contributed by atoms with Gasteiger partial charge in [0.05, 0.1) is 0 Å². The largest absolute Gasteiger partial charge is 0.334 e. The van der Waals surface area contributed by atoms with E-state index in [4.69, 9.17) is 0 Å². The van der Waals surface area contributed by atoms with Gasteiger partial charge in [-0.3, -0.25) is 0 Å². The first-order valence-corrected chi connectivity index (χ1v) is 6.46. The maximum atomic E-state index is 4.22. The summed E-state index contributed by atoms with van der Waals surface area (Å²) in [6, 6.07) is 0. The number of aromatic nitrogens is 2. The van der Waals surface area contributed by atoms with Gasteiger partial charge in [0.15, 0.2) is 0 Å². The molecule has 2 unspecified atom stereocenters. The second-order valence-corrected chi connectivity index (χ2v) is 5.04. The van der Waals surface area contributed by atoms with E-state index in [9.17, 15) is 0 Å². The number of rotatable bonds is 5. The van der Waals surface area contributed by atoms with Crippen molar-refractivity contribution in [3.8, 4) is 0 Å². The van der Waals surface area contributed by atoms with Crippen molar-refractivity contribution in [3.63, 3.8) is 0 Å². The molecule has 3 heteroatoms. The summed E-state index contributed by atoms with van der Waals surface area (Å²) in [6.07, 6.45) is 8.18. The third kappa shape index (κ3) is 2.85. The van der Waals surface area contributed by atoms with E-state index in [1.165, 1.54) is 25.8 Å². The Hall–Kier alpha value is -0.830. The van der Waals surface area contributed by atoms with Gasteiger partial charge in [0.2, 0.25) is 0 Å². The van der Waals surface area contributed by atoms with Crippen LogP contribution in [0.5, 0.6) is 0 Å². The number of aryl methyl sites for hydroxylation is 1. The van der Waals surface area contributed by atoms with Gasteiger partial charge in [-0.25, -0.2) is 4.98 Å². The molecule has 90 valence electrons. The lowest BCUT2D eigenvalue weighted by Gasteiger charge is -2.16. The number of nitrogens with one attached hydrogen (secondary N) is 1. The molecule has 0 aliphatic heterocycles. The molecule has 1 N–H and O–H groups in total. The van der Waals surface area contributed by atoms with E-state index in [2.05, 4.69) is 34.9 Å². The molecule has 2 atom stereocenters. The highest BCUT2D eigenvalue weighted by molar-refractivity contribution is 4.88. The van der Waals surface area contributed by atoms with Crippen LogP contribution in [-0.2, 0) is 6.54 Å². The highest BCUT2D eigenvalue weighted by atomic mass is 15.1. The molecule has 1 aliphatic carbocycles. The van der Waals surface area contributed by atoms with Crippen LogP contribution in [0.15, 0.2) is 12.4 Å². The lowest BCUT2D eigenvalue weighted by molar-refractivity contribution is 0.388. The summed E-state index contributed by atoms with van der Waals surface area (Å²) in [5, 5.41) is 3.57. The lowest BCUT2D eigenvalue weighted by atomic mass is 9.98. The summed E-state index contributed by atoms with van der Waals surface area (Å²) in [6.45, 7) is 7.72. The van der Waals surface area contributed by atoms with E-state index < -0.39 is 0 Å². The average molecular weight is 221 g/mol. The molecule has 1 saturated carbocycles. The van der Waals surface area contributed by atoms with E-state index in [0.717, 1.165) is 30.7 Å². The zero-order valence-corrected chi connectivity index (χ0v) is 10.4. The van der Waals surface area contributed by atoms with Crippen molar-refractivity contribution in [2.45, 2.75) is 39.7 Å². The smallest absolute Gasteiger partial charge is 0.105 e. The fourth-order valence-electron chi connectivity index (χ4n) is 2.65. The number of imidazole rings is 1. The highest BCUT2D eigenvalue weighted by Gasteiger charge is 2.22. The molecule has 1 heterocycles. The Balaban J connectivity index is 1.63. The Labute approximate surface area is 98.3 Å². The van der Waals surface area contributed by atoms with E-state index in [-0.39, 0.29) is 0 Å². The number of hydrogen-bond acceptors (Lipinski definition) is 2. The molecule has 16 heavy (non-hydrogen) atoms. The number of nitrogens with zero attached hydrogens (tertiary/aromatic N) is 2. The summed E-state index contributed by atoms with van der Waals surface area (Å²) < 4.78 is 2.20. The highest BCUT2D eigenvalue weighted by Crippen LogP contribution is 2.30. The minimum atomic E-state index is 0.906. The Kier molecular flexibility index (Phi) is 3.99. The van der Waals surface area contributed by atoms with Crippen LogP contribution in [0.25, 0.3) is 0 Å². The molecule has 2 rings (SSSR count). The Bertz CT molecular complexity index is 319. The maximum Gasteiger partial charge on any atom is 0.105 e. The van der Waals surface area contributed by atoms with Gasteiger partial charge >= 0.3 is 0 Å². The molecule has 0 amide bonds. The summed E-state index contributed by atoms with van der Waals surface area (Å²) in [5.74, 6) is 2.93. The molecule has 1 aromatic heterocycles. The molecular formula is C13H23N3. The van der Waals surface area contributed by atoms with Crippen LogP contribution in [0.1, 0.15) is 32.0 Å². The van der Waals surface area contributed by atoms with Crippen molar-refractivity contribution in [1.82, 2.24) is 14.9 Å². The molecule has 0 bridgehead atoms. The Morgan fingerprint density at radius 2 is 2.38 bits per heavy atom. The minimum Gasteiger partial charge on any atom is -0.334 e. The average Bonchev–Trinajstić information content (AvgIpc) is 2.84. The SMILES string of the molecule is Cc1nccn1CCNCC1CCCC1C. The van der Waals surface area contributed by atoms with Gasteiger partial charge in [0.25, 0.3) is 0 Å². The predicted octanol–water partition coefficient (Wildman–Crippen LogP) is 2.22. The van der Waals surface area contributed by atoms with Crippen LogP contribution in [0, 0.1) is 18.8 Å². The molecule has 0 spiro atoms.